The Kier molecular flexibility index (Phi) is 6.16. The Morgan fingerprint density at radius 1 is 1.31 bits per heavy atom. The van der Waals surface area contributed by atoms with Crippen molar-refractivity contribution in [1.29, 1.82) is 0 Å². The van der Waals surface area contributed by atoms with E-state index in [0.717, 1.165) is 41.0 Å². The molecule has 5 rings (SSSR count). The van der Waals surface area contributed by atoms with Crippen molar-refractivity contribution in [1.82, 2.24) is 25.5 Å². The Balaban J connectivity index is 1.43. The average Bonchev–Trinajstić information content (AvgIpc) is 3.53. The molecule has 9 nitrogen and oxygen atoms in total. The third kappa shape index (κ3) is 4.35. The van der Waals surface area contributed by atoms with Crippen LogP contribution in [0.15, 0.2) is 24.3 Å². The molecule has 5 N–H and O–H groups in total. The van der Waals surface area contributed by atoms with Crippen molar-refractivity contribution in [3.63, 3.8) is 0 Å². The lowest BCUT2D eigenvalue weighted by Crippen LogP contribution is -2.60. The standard InChI is InChI=1S/C24H27ClN6O3S/c1-27-21(33)13-9-19(30-22(34)23-29-16-5-6-31(2)11-18(16)35-23)24(26,10-13)20(32)17-8-12-7-14(25)3-4-15(12)28-17/h3-4,7-8,13,19,28H,5-6,9-11,26H2,1-2H3,(H,27,33)(H,30,34). The molecule has 1 fully saturated rings. The monoisotopic (exact) mass is 514 g/mol. The molecular weight excluding hydrogens is 488 g/mol. The lowest BCUT2D eigenvalue weighted by Gasteiger charge is -2.29. The molecule has 3 unspecified atom stereocenters. The maximum Gasteiger partial charge on any atom is 0.280 e. The van der Waals surface area contributed by atoms with Gasteiger partial charge in [-0.2, -0.15) is 0 Å². The van der Waals surface area contributed by atoms with Crippen LogP contribution < -0.4 is 16.4 Å². The Morgan fingerprint density at radius 3 is 2.89 bits per heavy atom. The smallest absolute Gasteiger partial charge is 0.280 e. The number of likely N-dealkylation sites (N-methyl/N-ethyl adjacent to an activating group) is 1. The number of nitrogens with two attached hydrogens (primary N) is 1. The van der Waals surface area contributed by atoms with Crippen LogP contribution in [0.5, 0.6) is 0 Å². The van der Waals surface area contributed by atoms with Gasteiger partial charge in [-0.3, -0.25) is 14.4 Å². The number of amides is 2. The number of hydrogen-bond acceptors (Lipinski definition) is 7. The maximum atomic E-state index is 13.7. The molecule has 0 spiro atoms. The molecule has 0 radical (unpaired) electrons. The Bertz CT molecular complexity index is 1340. The van der Waals surface area contributed by atoms with Gasteiger partial charge in [0.1, 0.15) is 5.54 Å². The molecule has 0 bridgehead atoms. The van der Waals surface area contributed by atoms with Crippen molar-refractivity contribution in [2.45, 2.75) is 37.4 Å². The van der Waals surface area contributed by atoms with Crippen molar-refractivity contribution in [2.75, 3.05) is 20.6 Å². The van der Waals surface area contributed by atoms with E-state index >= 15 is 0 Å². The zero-order chi connectivity index (χ0) is 24.9. The minimum Gasteiger partial charge on any atom is -0.359 e. The van der Waals surface area contributed by atoms with Crippen LogP contribution in [-0.2, 0) is 17.8 Å². The van der Waals surface area contributed by atoms with E-state index in [1.165, 1.54) is 11.3 Å². The molecule has 1 saturated carbocycles. The normalized spacial score (nSPS) is 24.3. The first-order valence-electron chi connectivity index (χ1n) is 11.5. The van der Waals surface area contributed by atoms with Gasteiger partial charge < -0.3 is 26.3 Å². The van der Waals surface area contributed by atoms with Crippen LogP contribution in [0.4, 0.5) is 0 Å². The molecular formula is C24H27ClN6O3S. The summed E-state index contributed by atoms with van der Waals surface area (Å²) in [7, 11) is 3.58. The van der Waals surface area contributed by atoms with Crippen LogP contribution in [0.1, 0.15) is 43.7 Å². The SMILES string of the molecule is CNC(=O)C1CC(NC(=O)c2nc3c(s2)CN(C)CC3)C(N)(C(=O)c2cc3cc(Cl)ccc3[nH]2)C1. The summed E-state index contributed by atoms with van der Waals surface area (Å²) in [5, 5.41) is 7.27. The number of nitrogens with zero attached hydrogens (tertiary/aromatic N) is 2. The van der Waals surface area contributed by atoms with Crippen LogP contribution in [0.25, 0.3) is 10.9 Å². The molecule has 3 heterocycles. The Hall–Kier alpha value is -2.79. The molecule has 2 aliphatic rings. The first kappa shape index (κ1) is 23.9. The van der Waals surface area contributed by atoms with Gasteiger partial charge in [0.2, 0.25) is 11.7 Å². The van der Waals surface area contributed by atoms with Crippen LogP contribution in [0.2, 0.25) is 5.02 Å². The third-order valence-corrected chi connectivity index (χ3v) is 8.33. The zero-order valence-corrected chi connectivity index (χ0v) is 21.1. The van der Waals surface area contributed by atoms with Gasteiger partial charge in [0.25, 0.3) is 5.91 Å². The van der Waals surface area contributed by atoms with Gasteiger partial charge in [-0.1, -0.05) is 11.6 Å². The molecule has 1 aliphatic heterocycles. The second kappa shape index (κ2) is 9.02. The largest absolute Gasteiger partial charge is 0.359 e. The molecule has 3 aromatic rings. The van der Waals surface area contributed by atoms with Gasteiger partial charge in [-0.25, -0.2) is 4.98 Å². The lowest BCUT2D eigenvalue weighted by atomic mass is 9.86. The average molecular weight is 515 g/mol. The van der Waals surface area contributed by atoms with Gasteiger partial charge >= 0.3 is 0 Å². The summed E-state index contributed by atoms with van der Waals surface area (Å²) in [5.41, 5.74) is 7.29. The van der Waals surface area contributed by atoms with Crippen molar-refractivity contribution in [2.24, 2.45) is 11.7 Å². The third-order valence-electron chi connectivity index (χ3n) is 7.02. The lowest BCUT2D eigenvalue weighted by molar-refractivity contribution is -0.124. The molecule has 0 saturated heterocycles. The number of rotatable bonds is 5. The quantitative estimate of drug-likeness (QED) is 0.385. The summed E-state index contributed by atoms with van der Waals surface area (Å²) in [6.45, 7) is 1.65. The summed E-state index contributed by atoms with van der Waals surface area (Å²) in [6, 6.07) is 6.26. The highest BCUT2D eigenvalue weighted by Gasteiger charge is 2.53. The first-order chi connectivity index (χ1) is 16.7. The Morgan fingerprint density at radius 2 is 2.11 bits per heavy atom. The Labute approximate surface area is 211 Å². The summed E-state index contributed by atoms with van der Waals surface area (Å²) < 4.78 is 0. The van der Waals surface area contributed by atoms with E-state index in [1.807, 2.05) is 7.05 Å². The maximum absolute atomic E-state index is 13.7. The topological polar surface area (TPSA) is 133 Å². The number of aromatic amines is 1. The van der Waals surface area contributed by atoms with Gasteiger partial charge in [0.05, 0.1) is 17.4 Å². The number of H-pyrrole nitrogens is 1. The fraction of sp³-hybridized carbons (Fsp3) is 0.417. The van der Waals surface area contributed by atoms with Crippen molar-refractivity contribution in [3.8, 4) is 0 Å². The number of carbonyl (C=O) groups excluding carboxylic acids is 3. The number of hydrogen-bond donors (Lipinski definition) is 4. The first-order valence-corrected chi connectivity index (χ1v) is 12.7. The fourth-order valence-corrected chi connectivity index (χ4v) is 6.36. The molecule has 2 amide bonds. The highest BCUT2D eigenvalue weighted by Crippen LogP contribution is 2.37. The molecule has 1 aliphatic carbocycles. The number of fused-ring (bicyclic) bond motifs is 2. The minimum atomic E-state index is -1.46. The van der Waals surface area contributed by atoms with Crippen molar-refractivity contribution >= 4 is 51.4 Å². The van der Waals surface area contributed by atoms with Crippen LogP contribution >= 0.6 is 22.9 Å². The van der Waals surface area contributed by atoms with Crippen LogP contribution in [0, 0.1) is 5.92 Å². The summed E-state index contributed by atoms with van der Waals surface area (Å²) in [6.07, 6.45) is 1.17. The molecule has 184 valence electrons. The van der Waals surface area contributed by atoms with Crippen molar-refractivity contribution < 1.29 is 14.4 Å². The number of ketones is 1. The second-order valence-electron chi connectivity index (χ2n) is 9.44. The van der Waals surface area contributed by atoms with E-state index in [9.17, 15) is 14.4 Å². The fourth-order valence-electron chi connectivity index (χ4n) is 5.09. The number of carbonyl (C=O) groups is 3. The van der Waals surface area contributed by atoms with E-state index in [4.69, 9.17) is 17.3 Å². The van der Waals surface area contributed by atoms with Gasteiger partial charge in [0, 0.05) is 53.3 Å². The summed E-state index contributed by atoms with van der Waals surface area (Å²) in [4.78, 5) is 50.3. The summed E-state index contributed by atoms with van der Waals surface area (Å²) >= 11 is 7.46. The molecule has 1 aromatic carbocycles. The van der Waals surface area contributed by atoms with Crippen LogP contribution in [-0.4, -0.2) is 64.7 Å². The minimum absolute atomic E-state index is 0.117. The number of aromatic nitrogens is 2. The molecule has 2 aromatic heterocycles. The molecule has 11 heteroatoms. The van der Waals surface area contributed by atoms with Gasteiger partial charge in [-0.05, 0) is 44.2 Å². The highest BCUT2D eigenvalue weighted by atomic mass is 35.5. The van der Waals surface area contributed by atoms with Gasteiger partial charge in [0.15, 0.2) is 5.01 Å². The summed E-state index contributed by atoms with van der Waals surface area (Å²) in [5.74, 6) is -1.45. The highest BCUT2D eigenvalue weighted by molar-refractivity contribution is 7.13. The number of benzene rings is 1. The predicted molar refractivity (Wildman–Crippen MR) is 135 cm³/mol. The number of halogens is 1. The van der Waals surface area contributed by atoms with Crippen LogP contribution in [0.3, 0.4) is 0 Å². The van der Waals surface area contributed by atoms with E-state index in [1.54, 1.807) is 31.3 Å². The number of thiazole rings is 1. The van der Waals surface area contributed by atoms with Crippen molar-refractivity contribution in [3.05, 3.63) is 50.6 Å². The van der Waals surface area contributed by atoms with E-state index in [-0.39, 0.29) is 30.4 Å². The van der Waals surface area contributed by atoms with Gasteiger partial charge in [-0.15, -0.1) is 11.3 Å². The van der Waals surface area contributed by atoms with E-state index in [0.29, 0.717) is 15.7 Å². The van der Waals surface area contributed by atoms with E-state index in [2.05, 4.69) is 25.5 Å². The van der Waals surface area contributed by atoms with E-state index < -0.39 is 17.5 Å². The second-order valence-corrected chi connectivity index (χ2v) is 11.0. The molecule has 35 heavy (non-hydrogen) atoms. The number of Topliss-reactive ketones (excluding diaryl/α,β-unsaturated/α-hetero) is 1. The number of nitrogens with one attached hydrogen (secondary N) is 3. The zero-order valence-electron chi connectivity index (χ0n) is 19.5. The predicted octanol–water partition coefficient (Wildman–Crippen LogP) is 2.10. The molecule has 3 atom stereocenters.